The molecule has 1 rings (SSSR count). The van der Waals surface area contributed by atoms with Crippen molar-refractivity contribution in [3.63, 3.8) is 0 Å². The van der Waals surface area contributed by atoms with Gasteiger partial charge in [0, 0.05) is 6.04 Å². The highest BCUT2D eigenvalue weighted by Crippen LogP contribution is 2.24. The van der Waals surface area contributed by atoms with E-state index in [-0.39, 0.29) is 6.04 Å². The van der Waals surface area contributed by atoms with Gasteiger partial charge in [-0.15, -0.1) is 0 Å². The van der Waals surface area contributed by atoms with Crippen molar-refractivity contribution in [1.29, 1.82) is 0 Å². The second kappa shape index (κ2) is 2.56. The van der Waals surface area contributed by atoms with Crippen LogP contribution in [0, 0.1) is 5.92 Å². The minimum Gasteiger partial charge on any atom is -0.481 e. The SMILES string of the molecule is NC1CC(C(=O)O)CC1O. The lowest BCUT2D eigenvalue weighted by molar-refractivity contribution is -0.141. The zero-order chi connectivity index (χ0) is 7.72. The number of carboxylic acids is 1. The molecule has 0 saturated heterocycles. The number of rotatable bonds is 1. The van der Waals surface area contributed by atoms with Gasteiger partial charge in [-0.3, -0.25) is 4.79 Å². The Hall–Kier alpha value is -0.610. The molecule has 0 radical (unpaired) electrons. The fraction of sp³-hybridized carbons (Fsp3) is 0.833. The molecule has 0 aromatic heterocycles. The van der Waals surface area contributed by atoms with Crippen LogP contribution in [-0.4, -0.2) is 28.3 Å². The predicted molar refractivity (Wildman–Crippen MR) is 34.3 cm³/mol. The van der Waals surface area contributed by atoms with E-state index in [0.717, 1.165) is 0 Å². The van der Waals surface area contributed by atoms with E-state index < -0.39 is 18.0 Å². The molecule has 3 atom stereocenters. The van der Waals surface area contributed by atoms with Crippen molar-refractivity contribution in [3.8, 4) is 0 Å². The molecule has 0 heterocycles. The van der Waals surface area contributed by atoms with Gasteiger partial charge in [0.25, 0.3) is 0 Å². The first-order valence-electron chi connectivity index (χ1n) is 3.27. The van der Waals surface area contributed by atoms with E-state index in [9.17, 15) is 4.79 Å². The summed E-state index contributed by atoms with van der Waals surface area (Å²) in [6, 6.07) is -0.346. The lowest BCUT2D eigenvalue weighted by Crippen LogP contribution is -2.28. The third kappa shape index (κ3) is 1.27. The van der Waals surface area contributed by atoms with Gasteiger partial charge in [0.05, 0.1) is 12.0 Å². The van der Waals surface area contributed by atoms with Crippen molar-refractivity contribution in [1.82, 2.24) is 0 Å². The minimum absolute atomic E-state index is 0.302. The molecular formula is C6H11NO3. The maximum Gasteiger partial charge on any atom is 0.306 e. The number of aliphatic hydroxyl groups excluding tert-OH is 1. The Balaban J connectivity index is 2.49. The number of aliphatic carboxylic acids is 1. The van der Waals surface area contributed by atoms with Crippen LogP contribution < -0.4 is 5.73 Å². The Morgan fingerprint density at radius 3 is 2.30 bits per heavy atom. The molecule has 0 aromatic rings. The van der Waals surface area contributed by atoms with Gasteiger partial charge in [-0.1, -0.05) is 0 Å². The van der Waals surface area contributed by atoms with Crippen molar-refractivity contribution in [2.75, 3.05) is 0 Å². The molecule has 0 bridgehead atoms. The fourth-order valence-corrected chi connectivity index (χ4v) is 1.25. The number of carbonyl (C=O) groups is 1. The van der Waals surface area contributed by atoms with E-state index in [4.69, 9.17) is 15.9 Å². The first kappa shape index (κ1) is 7.50. The van der Waals surface area contributed by atoms with Crippen molar-refractivity contribution >= 4 is 5.97 Å². The number of aliphatic hydroxyl groups is 1. The molecule has 0 spiro atoms. The summed E-state index contributed by atoms with van der Waals surface area (Å²) in [7, 11) is 0. The van der Waals surface area contributed by atoms with E-state index in [1.807, 2.05) is 0 Å². The lowest BCUT2D eigenvalue weighted by Gasteiger charge is -2.04. The first-order valence-corrected chi connectivity index (χ1v) is 3.27. The third-order valence-electron chi connectivity index (χ3n) is 1.93. The molecule has 3 unspecified atom stereocenters. The Morgan fingerprint density at radius 2 is 2.10 bits per heavy atom. The molecule has 0 aromatic carbocycles. The molecule has 1 aliphatic carbocycles. The van der Waals surface area contributed by atoms with Gasteiger partial charge in [0.1, 0.15) is 0 Å². The quantitative estimate of drug-likeness (QED) is 0.449. The van der Waals surface area contributed by atoms with Crippen LogP contribution in [0.5, 0.6) is 0 Å². The van der Waals surface area contributed by atoms with Crippen molar-refractivity contribution < 1.29 is 15.0 Å². The number of hydrogen-bond acceptors (Lipinski definition) is 3. The van der Waals surface area contributed by atoms with E-state index in [1.165, 1.54) is 0 Å². The van der Waals surface area contributed by atoms with Crippen molar-refractivity contribution in [2.45, 2.75) is 25.0 Å². The maximum atomic E-state index is 10.3. The maximum absolute atomic E-state index is 10.3. The summed E-state index contributed by atoms with van der Waals surface area (Å²) in [5.74, 6) is -1.29. The minimum atomic E-state index is -0.855. The molecule has 58 valence electrons. The average molecular weight is 145 g/mol. The predicted octanol–water partition coefficient (Wildman–Crippen LogP) is -0.831. The lowest BCUT2D eigenvalue weighted by atomic mass is 10.1. The topological polar surface area (TPSA) is 83.6 Å². The Morgan fingerprint density at radius 1 is 1.50 bits per heavy atom. The second-order valence-electron chi connectivity index (χ2n) is 2.74. The normalized spacial score (nSPS) is 40.0. The molecule has 1 saturated carbocycles. The Kier molecular flexibility index (Phi) is 1.92. The number of nitrogens with two attached hydrogens (primary N) is 1. The molecule has 0 amide bonds. The van der Waals surface area contributed by atoms with E-state index in [0.29, 0.717) is 12.8 Å². The molecule has 4 nitrogen and oxygen atoms in total. The van der Waals surface area contributed by atoms with Gasteiger partial charge in [0.15, 0.2) is 0 Å². The van der Waals surface area contributed by atoms with Gasteiger partial charge < -0.3 is 15.9 Å². The number of carboxylic acid groups (broad SMARTS) is 1. The summed E-state index contributed by atoms with van der Waals surface area (Å²) in [5, 5.41) is 17.5. The summed E-state index contributed by atoms with van der Waals surface area (Å²) in [4.78, 5) is 10.3. The van der Waals surface area contributed by atoms with Gasteiger partial charge in [-0.05, 0) is 12.8 Å². The average Bonchev–Trinajstić information content (AvgIpc) is 2.13. The summed E-state index contributed by atoms with van der Waals surface area (Å²) in [5.41, 5.74) is 5.39. The molecule has 0 aliphatic heterocycles. The highest BCUT2D eigenvalue weighted by molar-refractivity contribution is 5.70. The summed E-state index contributed by atoms with van der Waals surface area (Å²) in [6.07, 6.45) is 0.0774. The summed E-state index contributed by atoms with van der Waals surface area (Å²) in [6.45, 7) is 0. The van der Waals surface area contributed by atoms with Crippen LogP contribution >= 0.6 is 0 Å². The Bertz CT molecular complexity index is 138. The highest BCUT2D eigenvalue weighted by atomic mass is 16.4. The van der Waals surface area contributed by atoms with Crippen molar-refractivity contribution in [3.05, 3.63) is 0 Å². The van der Waals surface area contributed by atoms with E-state index in [1.54, 1.807) is 0 Å². The van der Waals surface area contributed by atoms with Gasteiger partial charge >= 0.3 is 5.97 Å². The van der Waals surface area contributed by atoms with Crippen LogP contribution in [0.25, 0.3) is 0 Å². The van der Waals surface area contributed by atoms with Crippen LogP contribution in [0.4, 0.5) is 0 Å². The first-order chi connectivity index (χ1) is 4.61. The van der Waals surface area contributed by atoms with Crippen LogP contribution in [0.15, 0.2) is 0 Å². The van der Waals surface area contributed by atoms with Crippen LogP contribution in [0.2, 0.25) is 0 Å². The van der Waals surface area contributed by atoms with Gasteiger partial charge in [-0.2, -0.15) is 0 Å². The molecular weight excluding hydrogens is 134 g/mol. The smallest absolute Gasteiger partial charge is 0.306 e. The standard InChI is InChI=1S/C6H11NO3/c7-4-1-3(6(9)10)2-5(4)8/h3-5,8H,1-2,7H2,(H,9,10). The molecule has 10 heavy (non-hydrogen) atoms. The zero-order valence-corrected chi connectivity index (χ0v) is 5.53. The van der Waals surface area contributed by atoms with Gasteiger partial charge in [-0.25, -0.2) is 0 Å². The van der Waals surface area contributed by atoms with Crippen molar-refractivity contribution in [2.24, 2.45) is 11.7 Å². The van der Waals surface area contributed by atoms with Gasteiger partial charge in [0.2, 0.25) is 0 Å². The molecule has 1 fully saturated rings. The van der Waals surface area contributed by atoms with Crippen LogP contribution in [0.3, 0.4) is 0 Å². The second-order valence-corrected chi connectivity index (χ2v) is 2.74. The largest absolute Gasteiger partial charge is 0.481 e. The summed E-state index contributed by atoms with van der Waals surface area (Å²) < 4.78 is 0. The van der Waals surface area contributed by atoms with Crippen LogP contribution in [0.1, 0.15) is 12.8 Å². The molecule has 4 heteroatoms. The zero-order valence-electron chi connectivity index (χ0n) is 5.53. The Labute approximate surface area is 58.6 Å². The highest BCUT2D eigenvalue weighted by Gasteiger charge is 2.34. The fourth-order valence-electron chi connectivity index (χ4n) is 1.25. The summed E-state index contributed by atoms with van der Waals surface area (Å²) >= 11 is 0. The molecule has 1 aliphatic rings. The van der Waals surface area contributed by atoms with E-state index >= 15 is 0 Å². The van der Waals surface area contributed by atoms with E-state index in [2.05, 4.69) is 0 Å². The molecule has 4 N–H and O–H groups in total. The third-order valence-corrected chi connectivity index (χ3v) is 1.93. The van der Waals surface area contributed by atoms with Crippen LogP contribution in [-0.2, 0) is 4.79 Å². The monoisotopic (exact) mass is 145 g/mol. The number of hydrogen-bond donors (Lipinski definition) is 3.